The van der Waals surface area contributed by atoms with E-state index in [9.17, 15) is 0 Å². The van der Waals surface area contributed by atoms with Gasteiger partial charge in [-0.15, -0.1) is 0 Å². The van der Waals surface area contributed by atoms with Gasteiger partial charge < -0.3 is 0 Å². The van der Waals surface area contributed by atoms with Crippen molar-refractivity contribution in [3.8, 4) is 0 Å². The fourth-order valence-electron chi connectivity index (χ4n) is 0.783. The smallest absolute Gasteiger partial charge is 0.134 e. The van der Waals surface area contributed by atoms with Gasteiger partial charge in [-0.2, -0.15) is 0 Å². The van der Waals surface area contributed by atoms with E-state index in [0.717, 1.165) is 11.5 Å². The molecule has 0 radical (unpaired) electrons. The third kappa shape index (κ3) is 2.05. The van der Waals surface area contributed by atoms with Crippen LogP contribution in [0.25, 0.3) is 0 Å². The monoisotopic (exact) mass is 262 g/mol. The van der Waals surface area contributed by atoms with Crippen LogP contribution in [0.2, 0.25) is 0 Å². The fourth-order valence-corrected chi connectivity index (χ4v) is 1.05. The summed E-state index contributed by atoms with van der Waals surface area (Å²) in [5.41, 5.74) is 1.10. The Bertz CT molecular complexity index is 228. The van der Waals surface area contributed by atoms with E-state index in [1.54, 1.807) is 0 Å². The van der Waals surface area contributed by atoms with Crippen LogP contribution < -0.4 is 0 Å². The van der Waals surface area contributed by atoms with E-state index in [0.29, 0.717) is 5.92 Å². The van der Waals surface area contributed by atoms with Crippen LogP contribution in [0.5, 0.6) is 0 Å². The van der Waals surface area contributed by atoms with Crippen molar-refractivity contribution in [1.29, 1.82) is 0 Å². The summed E-state index contributed by atoms with van der Waals surface area (Å²) in [5.74, 6) is 1.28. The summed E-state index contributed by atoms with van der Waals surface area (Å²) < 4.78 is 1.88. The first-order chi connectivity index (χ1) is 5.11. The standard InChI is InChI=1S/C8H11IN2/c1-6(2)8-4-5-11(9)7(3)10-8/h4-6H,3H2,1-2H3. The molecule has 0 aromatic rings. The second-order valence-corrected chi connectivity index (χ2v) is 3.77. The molecule has 0 unspecified atom stereocenters. The largest absolute Gasteiger partial charge is 0.275 e. The first-order valence-electron chi connectivity index (χ1n) is 3.52. The summed E-state index contributed by atoms with van der Waals surface area (Å²) in [4.78, 5) is 4.32. The van der Waals surface area contributed by atoms with E-state index in [1.165, 1.54) is 0 Å². The summed E-state index contributed by atoms with van der Waals surface area (Å²) in [6, 6.07) is 0. The first-order valence-corrected chi connectivity index (χ1v) is 4.48. The number of halogens is 1. The molecule has 0 saturated heterocycles. The number of rotatable bonds is 1. The third-order valence-electron chi connectivity index (χ3n) is 1.47. The molecular weight excluding hydrogens is 251 g/mol. The molecule has 0 saturated carbocycles. The molecule has 0 bridgehead atoms. The molecule has 0 aliphatic carbocycles. The highest BCUT2D eigenvalue weighted by Crippen LogP contribution is 2.17. The molecule has 1 heterocycles. The van der Waals surface area contributed by atoms with Crippen LogP contribution in [0.4, 0.5) is 0 Å². The molecule has 1 rings (SSSR count). The van der Waals surface area contributed by atoms with Crippen molar-refractivity contribution < 1.29 is 0 Å². The molecule has 1 aliphatic heterocycles. The molecule has 0 amide bonds. The highest BCUT2D eigenvalue weighted by Gasteiger charge is 2.09. The Morgan fingerprint density at radius 1 is 1.64 bits per heavy atom. The summed E-state index contributed by atoms with van der Waals surface area (Å²) in [5, 5.41) is 0. The van der Waals surface area contributed by atoms with Crippen molar-refractivity contribution in [2.24, 2.45) is 10.9 Å². The van der Waals surface area contributed by atoms with Crippen LogP contribution in [-0.4, -0.2) is 8.82 Å². The average molecular weight is 262 g/mol. The number of hydrogen-bond donors (Lipinski definition) is 0. The lowest BCUT2D eigenvalue weighted by Crippen LogP contribution is -2.13. The van der Waals surface area contributed by atoms with E-state index >= 15 is 0 Å². The lowest BCUT2D eigenvalue weighted by molar-refractivity contribution is 0.782. The summed E-state index contributed by atoms with van der Waals surface area (Å²) >= 11 is 2.16. The number of hydrogen-bond acceptors (Lipinski definition) is 2. The lowest BCUT2D eigenvalue weighted by atomic mass is 10.1. The summed E-state index contributed by atoms with van der Waals surface area (Å²) in [6.07, 6.45) is 4.00. The number of aliphatic imine (C=N–C) groups is 1. The highest BCUT2D eigenvalue weighted by atomic mass is 127. The molecule has 0 aromatic carbocycles. The molecule has 60 valence electrons. The van der Waals surface area contributed by atoms with Gasteiger partial charge in [-0.25, -0.2) is 4.99 Å². The van der Waals surface area contributed by atoms with E-state index in [-0.39, 0.29) is 0 Å². The SMILES string of the molecule is C=C1N=C(C(C)C)C=CN1I. The molecule has 0 aromatic heterocycles. The Kier molecular flexibility index (Phi) is 2.70. The van der Waals surface area contributed by atoms with Crippen molar-refractivity contribution in [3.63, 3.8) is 0 Å². The maximum absolute atomic E-state index is 4.32. The first kappa shape index (κ1) is 8.77. The van der Waals surface area contributed by atoms with Crippen LogP contribution in [0.15, 0.2) is 29.7 Å². The minimum Gasteiger partial charge on any atom is -0.275 e. The van der Waals surface area contributed by atoms with Gasteiger partial charge in [0.15, 0.2) is 0 Å². The molecule has 3 heteroatoms. The molecule has 2 nitrogen and oxygen atoms in total. The predicted molar refractivity (Wildman–Crippen MR) is 56.4 cm³/mol. The normalized spacial score (nSPS) is 17.6. The van der Waals surface area contributed by atoms with Gasteiger partial charge in [-0.3, -0.25) is 3.11 Å². The van der Waals surface area contributed by atoms with Crippen molar-refractivity contribution >= 4 is 28.6 Å². The molecule has 1 aliphatic rings. The zero-order valence-electron chi connectivity index (χ0n) is 6.71. The molecular formula is C8H11IN2. The lowest BCUT2D eigenvalue weighted by Gasteiger charge is -2.17. The van der Waals surface area contributed by atoms with Crippen LogP contribution in [0.1, 0.15) is 13.8 Å². The van der Waals surface area contributed by atoms with E-state index in [2.05, 4.69) is 48.3 Å². The van der Waals surface area contributed by atoms with Crippen LogP contribution in [-0.2, 0) is 0 Å². The zero-order chi connectivity index (χ0) is 8.43. The van der Waals surface area contributed by atoms with Crippen molar-refractivity contribution in [3.05, 3.63) is 24.7 Å². The Labute approximate surface area is 81.2 Å². The molecule has 0 atom stereocenters. The predicted octanol–water partition coefficient (Wildman–Crippen LogP) is 2.73. The van der Waals surface area contributed by atoms with Gasteiger partial charge in [0.1, 0.15) is 5.82 Å². The molecule has 0 N–H and O–H groups in total. The Hall–Kier alpha value is -0.320. The molecule has 0 fully saturated rings. The van der Waals surface area contributed by atoms with Crippen LogP contribution in [0.3, 0.4) is 0 Å². The van der Waals surface area contributed by atoms with Gasteiger partial charge in [-0.1, -0.05) is 20.4 Å². The number of nitrogens with zero attached hydrogens (tertiary/aromatic N) is 2. The minimum absolute atomic E-state index is 0.480. The quantitative estimate of drug-likeness (QED) is 0.524. The second kappa shape index (κ2) is 3.38. The van der Waals surface area contributed by atoms with E-state index < -0.39 is 0 Å². The minimum atomic E-state index is 0.480. The van der Waals surface area contributed by atoms with E-state index in [1.807, 2.05) is 15.4 Å². The summed E-state index contributed by atoms with van der Waals surface area (Å²) in [6.45, 7) is 8.06. The second-order valence-electron chi connectivity index (χ2n) is 2.73. The van der Waals surface area contributed by atoms with Crippen LogP contribution >= 0.6 is 22.9 Å². The van der Waals surface area contributed by atoms with Gasteiger partial charge in [-0.05, 0) is 12.0 Å². The summed E-state index contributed by atoms with van der Waals surface area (Å²) in [7, 11) is 0. The fraction of sp³-hybridized carbons (Fsp3) is 0.375. The zero-order valence-corrected chi connectivity index (χ0v) is 8.87. The molecule has 0 spiro atoms. The Morgan fingerprint density at radius 3 is 2.73 bits per heavy atom. The third-order valence-corrected chi connectivity index (χ3v) is 2.35. The molecule has 11 heavy (non-hydrogen) atoms. The van der Waals surface area contributed by atoms with Gasteiger partial charge in [0.25, 0.3) is 0 Å². The van der Waals surface area contributed by atoms with Crippen molar-refractivity contribution in [2.45, 2.75) is 13.8 Å². The van der Waals surface area contributed by atoms with Gasteiger partial charge in [0.05, 0.1) is 22.9 Å². The Balaban J connectivity index is 2.80. The van der Waals surface area contributed by atoms with Crippen LogP contribution in [0, 0.1) is 5.92 Å². The topological polar surface area (TPSA) is 15.6 Å². The highest BCUT2D eigenvalue weighted by molar-refractivity contribution is 14.1. The van der Waals surface area contributed by atoms with E-state index in [4.69, 9.17) is 0 Å². The van der Waals surface area contributed by atoms with Gasteiger partial charge >= 0.3 is 0 Å². The van der Waals surface area contributed by atoms with Crippen molar-refractivity contribution in [1.82, 2.24) is 3.11 Å². The van der Waals surface area contributed by atoms with Gasteiger partial charge in [0, 0.05) is 11.9 Å². The number of allylic oxidation sites excluding steroid dienone is 1. The van der Waals surface area contributed by atoms with Crippen molar-refractivity contribution in [2.75, 3.05) is 0 Å². The maximum atomic E-state index is 4.32. The average Bonchev–Trinajstić information content (AvgIpc) is 1.94. The maximum Gasteiger partial charge on any atom is 0.134 e. The Morgan fingerprint density at radius 2 is 2.27 bits per heavy atom. The van der Waals surface area contributed by atoms with Gasteiger partial charge in [0.2, 0.25) is 0 Å².